The molecule has 2 amide bonds. The number of halogens is 1. The third-order valence-corrected chi connectivity index (χ3v) is 3.68. The molecule has 0 radical (unpaired) electrons. The summed E-state index contributed by atoms with van der Waals surface area (Å²) < 4.78 is 1.07. The number of amides is 2. The Morgan fingerprint density at radius 3 is 2.43 bits per heavy atom. The van der Waals surface area contributed by atoms with Crippen LogP contribution in [0.4, 0.5) is 0 Å². The number of nitrogens with one attached hydrogen (secondary N) is 1. The van der Waals surface area contributed by atoms with Crippen LogP contribution in [0.25, 0.3) is 0 Å². The average Bonchev–Trinajstić information content (AvgIpc) is 2.47. The quantitative estimate of drug-likeness (QED) is 0.763. The molecule has 0 spiro atoms. The van der Waals surface area contributed by atoms with Crippen molar-refractivity contribution in [3.63, 3.8) is 0 Å². The third kappa shape index (κ3) is 4.56. The highest BCUT2D eigenvalue weighted by atomic mass is 127. The lowest BCUT2D eigenvalue weighted by Crippen LogP contribution is -2.45. The summed E-state index contributed by atoms with van der Waals surface area (Å²) >= 11 is 2.20. The van der Waals surface area contributed by atoms with Crippen LogP contribution in [0.5, 0.6) is 0 Å². The zero-order valence-corrected chi connectivity index (χ0v) is 13.4. The lowest BCUT2D eigenvalue weighted by molar-refractivity contribution is -0.119. The summed E-state index contributed by atoms with van der Waals surface area (Å²) in [6.45, 7) is 0. The van der Waals surface area contributed by atoms with E-state index in [1.807, 2.05) is 30.3 Å². The van der Waals surface area contributed by atoms with Crippen LogP contribution in [0.1, 0.15) is 15.9 Å². The fraction of sp³-hybridized carbons (Fsp3) is 0.125. The first kappa shape index (κ1) is 15.5. The Hall–Kier alpha value is -1.89. The molecule has 1 atom stereocenters. The topological polar surface area (TPSA) is 72.2 Å². The van der Waals surface area contributed by atoms with Gasteiger partial charge >= 0.3 is 0 Å². The molecular weight excluding hydrogens is 379 g/mol. The minimum atomic E-state index is -0.726. The van der Waals surface area contributed by atoms with E-state index >= 15 is 0 Å². The van der Waals surface area contributed by atoms with Crippen LogP contribution in [-0.4, -0.2) is 17.9 Å². The number of benzene rings is 2. The predicted octanol–water partition coefficient (Wildman–Crippen LogP) is 2.12. The van der Waals surface area contributed by atoms with Gasteiger partial charge in [0.15, 0.2) is 0 Å². The van der Waals surface area contributed by atoms with Gasteiger partial charge in [-0.1, -0.05) is 30.3 Å². The van der Waals surface area contributed by atoms with Gasteiger partial charge in [0.2, 0.25) is 5.91 Å². The molecule has 2 aromatic rings. The minimum absolute atomic E-state index is 0.301. The molecule has 3 N–H and O–H groups in total. The fourth-order valence-corrected chi connectivity index (χ4v) is 2.56. The van der Waals surface area contributed by atoms with E-state index in [4.69, 9.17) is 5.73 Å². The van der Waals surface area contributed by atoms with Gasteiger partial charge in [-0.2, -0.15) is 0 Å². The molecule has 0 unspecified atom stereocenters. The number of hydrogen-bond donors (Lipinski definition) is 2. The number of primary amides is 1. The highest BCUT2D eigenvalue weighted by molar-refractivity contribution is 14.1. The molecule has 0 fully saturated rings. The number of carbonyl (C=O) groups is 2. The Bertz CT molecular complexity index is 644. The molecule has 2 aromatic carbocycles. The van der Waals surface area contributed by atoms with Crippen LogP contribution in [-0.2, 0) is 11.2 Å². The molecule has 0 heterocycles. The lowest BCUT2D eigenvalue weighted by Gasteiger charge is -2.15. The van der Waals surface area contributed by atoms with Gasteiger partial charge in [0.05, 0.1) is 0 Å². The second kappa shape index (κ2) is 7.21. The van der Waals surface area contributed by atoms with E-state index in [0.29, 0.717) is 12.0 Å². The summed E-state index contributed by atoms with van der Waals surface area (Å²) in [4.78, 5) is 23.7. The molecule has 0 aromatic heterocycles. The SMILES string of the molecule is NC(=O)[C@@H](Cc1cccc(I)c1)NC(=O)c1ccccc1. The maximum atomic E-state index is 12.1. The zero-order valence-electron chi connectivity index (χ0n) is 11.3. The van der Waals surface area contributed by atoms with Crippen molar-refractivity contribution in [2.45, 2.75) is 12.5 Å². The van der Waals surface area contributed by atoms with Crippen molar-refractivity contribution in [1.29, 1.82) is 0 Å². The summed E-state index contributed by atoms with van der Waals surface area (Å²) in [5, 5.41) is 2.68. The van der Waals surface area contributed by atoms with Crippen LogP contribution >= 0.6 is 22.6 Å². The van der Waals surface area contributed by atoms with Crippen molar-refractivity contribution in [3.8, 4) is 0 Å². The first-order valence-corrected chi connectivity index (χ1v) is 7.54. The predicted molar refractivity (Wildman–Crippen MR) is 89.8 cm³/mol. The molecule has 21 heavy (non-hydrogen) atoms. The minimum Gasteiger partial charge on any atom is -0.368 e. The number of rotatable bonds is 5. The maximum Gasteiger partial charge on any atom is 0.251 e. The van der Waals surface area contributed by atoms with E-state index in [2.05, 4.69) is 27.9 Å². The first-order chi connectivity index (χ1) is 10.1. The first-order valence-electron chi connectivity index (χ1n) is 6.46. The molecule has 0 aliphatic rings. The van der Waals surface area contributed by atoms with Crippen molar-refractivity contribution < 1.29 is 9.59 Å². The molecule has 0 aliphatic heterocycles. The number of nitrogens with two attached hydrogens (primary N) is 1. The van der Waals surface area contributed by atoms with E-state index in [0.717, 1.165) is 9.13 Å². The number of hydrogen-bond acceptors (Lipinski definition) is 2. The van der Waals surface area contributed by atoms with E-state index in [1.165, 1.54) is 0 Å². The van der Waals surface area contributed by atoms with Crippen molar-refractivity contribution >= 4 is 34.4 Å². The van der Waals surface area contributed by atoms with Crippen LogP contribution in [0, 0.1) is 3.57 Å². The Labute approximate surface area is 136 Å². The van der Waals surface area contributed by atoms with Gasteiger partial charge in [-0.15, -0.1) is 0 Å². The van der Waals surface area contributed by atoms with E-state index in [9.17, 15) is 9.59 Å². The Morgan fingerprint density at radius 1 is 1.10 bits per heavy atom. The van der Waals surface area contributed by atoms with Gasteiger partial charge in [0, 0.05) is 15.6 Å². The molecule has 0 saturated heterocycles. The van der Waals surface area contributed by atoms with Crippen LogP contribution < -0.4 is 11.1 Å². The smallest absolute Gasteiger partial charge is 0.251 e. The molecule has 108 valence electrons. The van der Waals surface area contributed by atoms with Gasteiger partial charge < -0.3 is 11.1 Å². The number of carbonyl (C=O) groups excluding carboxylic acids is 2. The Balaban J connectivity index is 2.09. The molecule has 0 aliphatic carbocycles. The average molecular weight is 394 g/mol. The molecule has 5 heteroatoms. The van der Waals surface area contributed by atoms with Crippen molar-refractivity contribution in [2.24, 2.45) is 5.73 Å². The Morgan fingerprint density at radius 2 is 1.81 bits per heavy atom. The van der Waals surface area contributed by atoms with Crippen LogP contribution in [0.2, 0.25) is 0 Å². The summed E-state index contributed by atoms with van der Waals surface area (Å²) in [6.07, 6.45) is 0.380. The second-order valence-electron chi connectivity index (χ2n) is 4.63. The summed E-state index contributed by atoms with van der Waals surface area (Å²) in [7, 11) is 0. The van der Waals surface area contributed by atoms with Crippen LogP contribution in [0.3, 0.4) is 0 Å². The highest BCUT2D eigenvalue weighted by Gasteiger charge is 2.19. The van der Waals surface area contributed by atoms with E-state index in [1.54, 1.807) is 24.3 Å². The molecular formula is C16H15IN2O2. The summed E-state index contributed by atoms with van der Waals surface area (Å²) in [5.74, 6) is -0.844. The van der Waals surface area contributed by atoms with Gasteiger partial charge in [-0.05, 0) is 52.4 Å². The third-order valence-electron chi connectivity index (χ3n) is 3.01. The monoisotopic (exact) mass is 394 g/mol. The largest absolute Gasteiger partial charge is 0.368 e. The summed E-state index contributed by atoms with van der Waals surface area (Å²) in [5.41, 5.74) is 6.86. The van der Waals surface area contributed by atoms with Crippen molar-refractivity contribution in [1.82, 2.24) is 5.32 Å². The van der Waals surface area contributed by atoms with E-state index < -0.39 is 11.9 Å². The maximum absolute atomic E-state index is 12.1. The lowest BCUT2D eigenvalue weighted by atomic mass is 10.0. The fourth-order valence-electron chi connectivity index (χ4n) is 1.95. The zero-order chi connectivity index (χ0) is 15.2. The van der Waals surface area contributed by atoms with Crippen molar-refractivity contribution in [2.75, 3.05) is 0 Å². The molecule has 4 nitrogen and oxygen atoms in total. The van der Waals surface area contributed by atoms with E-state index in [-0.39, 0.29) is 5.91 Å². The van der Waals surface area contributed by atoms with Gasteiger partial charge in [0.1, 0.15) is 6.04 Å². The second-order valence-corrected chi connectivity index (χ2v) is 5.87. The van der Waals surface area contributed by atoms with Crippen LogP contribution in [0.15, 0.2) is 54.6 Å². The molecule has 0 saturated carbocycles. The molecule has 2 rings (SSSR count). The Kier molecular flexibility index (Phi) is 5.32. The molecule has 0 bridgehead atoms. The normalized spacial score (nSPS) is 11.7. The highest BCUT2D eigenvalue weighted by Crippen LogP contribution is 2.10. The van der Waals surface area contributed by atoms with Crippen molar-refractivity contribution in [3.05, 3.63) is 69.3 Å². The van der Waals surface area contributed by atoms with Gasteiger partial charge in [-0.3, -0.25) is 9.59 Å². The standard InChI is InChI=1S/C16H15IN2O2/c17-13-8-4-5-11(9-13)10-14(15(18)20)19-16(21)12-6-2-1-3-7-12/h1-9,14H,10H2,(H2,18,20)(H,19,21)/t14-/m1/s1. The van der Waals surface area contributed by atoms with Gasteiger partial charge in [0.25, 0.3) is 5.91 Å². The van der Waals surface area contributed by atoms with Gasteiger partial charge in [-0.25, -0.2) is 0 Å². The summed E-state index contributed by atoms with van der Waals surface area (Å²) in [6, 6.07) is 15.8.